The van der Waals surface area contributed by atoms with Gasteiger partial charge in [0.1, 0.15) is 6.04 Å². The zero-order valence-corrected chi connectivity index (χ0v) is 18.8. The summed E-state index contributed by atoms with van der Waals surface area (Å²) < 4.78 is 5.89. The number of hydrogen-bond donors (Lipinski definition) is 1. The Morgan fingerprint density at radius 2 is 1.58 bits per heavy atom. The summed E-state index contributed by atoms with van der Waals surface area (Å²) in [7, 11) is 0. The van der Waals surface area contributed by atoms with Gasteiger partial charge in [-0.15, -0.1) is 10.2 Å². The van der Waals surface area contributed by atoms with E-state index in [-0.39, 0.29) is 17.8 Å². The second kappa shape index (κ2) is 9.83. The second-order valence-electron chi connectivity index (χ2n) is 8.48. The molecule has 0 unspecified atom stereocenters. The molecule has 0 saturated carbocycles. The SMILES string of the molecule is CC[C@H](C)c1ccc([C@@H]([NH2+][C@@H](C)c2nnc(-c3ccc([N+](=O)[O-])cc3)o2)C(C)C)cc1. The summed E-state index contributed by atoms with van der Waals surface area (Å²) in [4.78, 5) is 10.4. The van der Waals surface area contributed by atoms with Gasteiger partial charge in [0, 0.05) is 29.2 Å². The monoisotopic (exact) mass is 423 g/mol. The molecular weight excluding hydrogens is 392 g/mol. The Hall–Kier alpha value is -3.06. The molecule has 2 N–H and O–H groups in total. The van der Waals surface area contributed by atoms with Gasteiger partial charge in [-0.25, -0.2) is 0 Å². The Kier molecular flexibility index (Phi) is 7.17. The number of non-ortho nitro benzene ring substituents is 1. The smallest absolute Gasteiger partial charge is 0.274 e. The van der Waals surface area contributed by atoms with Crippen molar-refractivity contribution in [3.05, 3.63) is 75.7 Å². The number of quaternary nitrogens is 1. The third kappa shape index (κ3) is 5.35. The highest BCUT2D eigenvalue weighted by atomic mass is 16.6. The Morgan fingerprint density at radius 3 is 2.13 bits per heavy atom. The zero-order chi connectivity index (χ0) is 22.5. The van der Waals surface area contributed by atoms with Gasteiger partial charge in [-0.05, 0) is 37.0 Å². The van der Waals surface area contributed by atoms with Gasteiger partial charge in [-0.1, -0.05) is 52.0 Å². The number of nitrogens with zero attached hydrogens (tertiary/aromatic N) is 3. The van der Waals surface area contributed by atoms with Gasteiger partial charge in [0.05, 0.1) is 4.92 Å². The third-order valence-electron chi connectivity index (χ3n) is 5.87. The van der Waals surface area contributed by atoms with Crippen molar-refractivity contribution in [1.29, 1.82) is 0 Å². The summed E-state index contributed by atoms with van der Waals surface area (Å²) in [6, 6.07) is 15.3. The molecule has 0 radical (unpaired) electrons. The maximum atomic E-state index is 10.8. The lowest BCUT2D eigenvalue weighted by molar-refractivity contribution is -0.739. The van der Waals surface area contributed by atoms with Gasteiger partial charge in [0.2, 0.25) is 5.89 Å². The molecule has 0 bridgehead atoms. The van der Waals surface area contributed by atoms with E-state index in [1.54, 1.807) is 12.1 Å². The van der Waals surface area contributed by atoms with Crippen LogP contribution in [-0.4, -0.2) is 15.1 Å². The number of nitro groups is 1. The maximum Gasteiger partial charge on any atom is 0.274 e. The molecule has 31 heavy (non-hydrogen) atoms. The van der Waals surface area contributed by atoms with E-state index in [1.165, 1.54) is 23.3 Å². The van der Waals surface area contributed by atoms with E-state index in [1.807, 2.05) is 0 Å². The molecule has 7 heteroatoms. The molecule has 3 aromatic rings. The van der Waals surface area contributed by atoms with E-state index in [4.69, 9.17) is 4.42 Å². The number of rotatable bonds is 9. The summed E-state index contributed by atoms with van der Waals surface area (Å²) >= 11 is 0. The highest BCUT2D eigenvalue weighted by Crippen LogP contribution is 2.25. The minimum Gasteiger partial charge on any atom is -0.415 e. The average Bonchev–Trinajstić information content (AvgIpc) is 3.27. The molecule has 0 spiro atoms. The lowest BCUT2D eigenvalue weighted by Crippen LogP contribution is -2.86. The van der Waals surface area contributed by atoms with Crippen LogP contribution in [0.3, 0.4) is 0 Å². The zero-order valence-electron chi connectivity index (χ0n) is 18.8. The van der Waals surface area contributed by atoms with Crippen LogP contribution in [0.1, 0.15) is 76.1 Å². The van der Waals surface area contributed by atoms with Crippen LogP contribution in [0.25, 0.3) is 11.5 Å². The van der Waals surface area contributed by atoms with Crippen molar-refractivity contribution < 1.29 is 14.7 Å². The molecule has 0 fully saturated rings. The fourth-order valence-electron chi connectivity index (χ4n) is 3.65. The first-order chi connectivity index (χ1) is 14.8. The molecule has 0 amide bonds. The van der Waals surface area contributed by atoms with Crippen molar-refractivity contribution in [2.75, 3.05) is 0 Å². The largest absolute Gasteiger partial charge is 0.415 e. The number of hydrogen-bond acceptors (Lipinski definition) is 5. The topological polar surface area (TPSA) is 98.7 Å². The van der Waals surface area contributed by atoms with Crippen LogP contribution >= 0.6 is 0 Å². The van der Waals surface area contributed by atoms with E-state index in [0.717, 1.165) is 6.42 Å². The first-order valence-electron chi connectivity index (χ1n) is 10.8. The predicted molar refractivity (Wildman–Crippen MR) is 119 cm³/mol. The van der Waals surface area contributed by atoms with Gasteiger partial charge >= 0.3 is 0 Å². The van der Waals surface area contributed by atoms with Crippen LogP contribution in [0.5, 0.6) is 0 Å². The molecule has 0 aliphatic rings. The van der Waals surface area contributed by atoms with Crippen LogP contribution in [0.4, 0.5) is 5.69 Å². The van der Waals surface area contributed by atoms with Crippen molar-refractivity contribution in [3.8, 4) is 11.5 Å². The van der Waals surface area contributed by atoms with E-state index in [0.29, 0.717) is 29.2 Å². The molecule has 7 nitrogen and oxygen atoms in total. The highest BCUT2D eigenvalue weighted by molar-refractivity contribution is 5.55. The molecule has 1 heterocycles. The molecule has 164 valence electrons. The minimum absolute atomic E-state index is 0.0269. The molecule has 2 aromatic carbocycles. The summed E-state index contributed by atoms with van der Waals surface area (Å²) in [5, 5.41) is 21.5. The molecule has 1 aromatic heterocycles. The third-order valence-corrected chi connectivity index (χ3v) is 5.87. The predicted octanol–water partition coefficient (Wildman–Crippen LogP) is 5.18. The van der Waals surface area contributed by atoms with Crippen LogP contribution in [0.2, 0.25) is 0 Å². The van der Waals surface area contributed by atoms with Gasteiger partial charge < -0.3 is 9.73 Å². The lowest BCUT2D eigenvalue weighted by atomic mass is 9.92. The summed E-state index contributed by atoms with van der Waals surface area (Å²) in [5.41, 5.74) is 3.34. The normalized spacial score (nSPS) is 14.4. The van der Waals surface area contributed by atoms with E-state index < -0.39 is 4.92 Å². The minimum atomic E-state index is -0.429. The molecule has 0 aliphatic carbocycles. The highest BCUT2D eigenvalue weighted by Gasteiger charge is 2.26. The van der Waals surface area contributed by atoms with Crippen LogP contribution in [-0.2, 0) is 0 Å². The standard InChI is InChI=1S/C24H30N4O3/c1-6-16(4)18-7-9-19(10-8-18)22(15(2)3)25-17(5)23-26-27-24(31-23)20-11-13-21(14-12-20)28(29)30/h7-17,22,25H,6H2,1-5H3/p+1/t16-,17-,22-/m0/s1. The fraction of sp³-hybridized carbons (Fsp3) is 0.417. The number of aromatic nitrogens is 2. The number of nitro benzene ring substituents is 1. The van der Waals surface area contributed by atoms with Crippen LogP contribution < -0.4 is 5.32 Å². The second-order valence-corrected chi connectivity index (χ2v) is 8.48. The Balaban J connectivity index is 1.74. The molecule has 0 aliphatic heterocycles. The van der Waals surface area contributed by atoms with Crippen molar-refractivity contribution in [2.45, 2.75) is 59.0 Å². The number of nitrogens with two attached hydrogens (primary N) is 1. The number of benzene rings is 2. The molecular formula is C24H31N4O3+. The first kappa shape index (κ1) is 22.6. The summed E-state index contributed by atoms with van der Waals surface area (Å²) in [5.74, 6) is 1.89. The maximum absolute atomic E-state index is 10.8. The summed E-state index contributed by atoms with van der Waals surface area (Å²) in [6.45, 7) is 10.9. The van der Waals surface area contributed by atoms with Crippen LogP contribution in [0.15, 0.2) is 52.9 Å². The van der Waals surface area contributed by atoms with E-state index in [9.17, 15) is 10.1 Å². The van der Waals surface area contributed by atoms with E-state index >= 15 is 0 Å². The van der Waals surface area contributed by atoms with Crippen molar-refractivity contribution in [2.24, 2.45) is 5.92 Å². The first-order valence-corrected chi connectivity index (χ1v) is 10.8. The Labute approximate surface area is 183 Å². The lowest BCUT2D eigenvalue weighted by Gasteiger charge is -2.22. The Morgan fingerprint density at radius 1 is 0.968 bits per heavy atom. The van der Waals surface area contributed by atoms with Gasteiger partial charge in [0.25, 0.3) is 11.6 Å². The van der Waals surface area contributed by atoms with Gasteiger partial charge in [0.15, 0.2) is 6.04 Å². The van der Waals surface area contributed by atoms with Crippen molar-refractivity contribution in [3.63, 3.8) is 0 Å². The average molecular weight is 424 g/mol. The van der Waals surface area contributed by atoms with Gasteiger partial charge in [-0.2, -0.15) is 0 Å². The van der Waals surface area contributed by atoms with Crippen LogP contribution in [0, 0.1) is 16.0 Å². The fourth-order valence-corrected chi connectivity index (χ4v) is 3.65. The van der Waals surface area contributed by atoms with Crippen molar-refractivity contribution in [1.82, 2.24) is 10.2 Å². The van der Waals surface area contributed by atoms with Gasteiger partial charge in [-0.3, -0.25) is 10.1 Å². The summed E-state index contributed by atoms with van der Waals surface area (Å²) in [6.07, 6.45) is 1.13. The van der Waals surface area contributed by atoms with E-state index in [2.05, 4.69) is 74.4 Å². The molecule has 3 atom stereocenters. The molecule has 0 saturated heterocycles. The Bertz CT molecular complexity index is 996. The quantitative estimate of drug-likeness (QED) is 0.378. The van der Waals surface area contributed by atoms with Crippen molar-refractivity contribution >= 4 is 5.69 Å². The molecule has 3 rings (SSSR count).